The second-order valence-electron chi connectivity index (χ2n) is 4.34. The number of rotatable bonds is 6. The predicted octanol–water partition coefficient (Wildman–Crippen LogP) is 1.23. The zero-order chi connectivity index (χ0) is 13.9. The SMILES string of the molecule is Cc1ncc(S(=O)(=O)N[C@H](CC(C)C)C(=O)O)s1. The Morgan fingerprint density at radius 1 is 1.56 bits per heavy atom. The minimum atomic E-state index is -3.80. The van der Waals surface area contributed by atoms with E-state index in [9.17, 15) is 13.2 Å². The number of sulfonamides is 1. The fourth-order valence-corrected chi connectivity index (χ4v) is 3.71. The van der Waals surface area contributed by atoms with Gasteiger partial charge in [0.25, 0.3) is 10.0 Å². The predicted molar refractivity (Wildman–Crippen MR) is 68.1 cm³/mol. The van der Waals surface area contributed by atoms with Crippen LogP contribution in [0, 0.1) is 12.8 Å². The first-order valence-electron chi connectivity index (χ1n) is 5.40. The lowest BCUT2D eigenvalue weighted by atomic mass is 10.1. The molecule has 0 saturated carbocycles. The Bertz CT molecular complexity index is 522. The van der Waals surface area contributed by atoms with Crippen molar-refractivity contribution >= 4 is 27.3 Å². The summed E-state index contributed by atoms with van der Waals surface area (Å²) in [6.45, 7) is 5.36. The lowest BCUT2D eigenvalue weighted by Gasteiger charge is -2.15. The summed E-state index contributed by atoms with van der Waals surface area (Å²) >= 11 is 1.01. The second-order valence-corrected chi connectivity index (χ2v) is 7.52. The van der Waals surface area contributed by atoms with Crippen molar-refractivity contribution in [2.24, 2.45) is 5.92 Å². The number of hydrogen-bond donors (Lipinski definition) is 2. The van der Waals surface area contributed by atoms with Crippen LogP contribution in [0.2, 0.25) is 0 Å². The second kappa shape index (κ2) is 5.77. The molecule has 1 aromatic heterocycles. The molecule has 18 heavy (non-hydrogen) atoms. The number of thiazole rings is 1. The van der Waals surface area contributed by atoms with Crippen molar-refractivity contribution in [3.05, 3.63) is 11.2 Å². The fraction of sp³-hybridized carbons (Fsp3) is 0.600. The molecule has 1 rings (SSSR count). The van der Waals surface area contributed by atoms with E-state index in [0.717, 1.165) is 11.3 Å². The Balaban J connectivity index is 2.89. The third-order valence-electron chi connectivity index (χ3n) is 2.17. The average molecular weight is 292 g/mol. The standard InChI is InChI=1S/C10H16N2O4S2/c1-6(2)4-8(10(13)14)12-18(15,16)9-5-11-7(3)17-9/h5-6,8,12H,4H2,1-3H3,(H,13,14)/t8-/m1/s1. The molecule has 1 aromatic rings. The smallest absolute Gasteiger partial charge is 0.321 e. The maximum atomic E-state index is 11.9. The van der Waals surface area contributed by atoms with Gasteiger partial charge >= 0.3 is 5.97 Å². The van der Waals surface area contributed by atoms with Gasteiger partial charge in [0, 0.05) is 0 Å². The van der Waals surface area contributed by atoms with Crippen LogP contribution in [0.25, 0.3) is 0 Å². The van der Waals surface area contributed by atoms with E-state index in [4.69, 9.17) is 5.11 Å². The summed E-state index contributed by atoms with van der Waals surface area (Å²) in [6.07, 6.45) is 1.48. The van der Waals surface area contributed by atoms with E-state index in [1.54, 1.807) is 6.92 Å². The van der Waals surface area contributed by atoms with Crippen LogP contribution in [0.5, 0.6) is 0 Å². The van der Waals surface area contributed by atoms with Gasteiger partial charge in [-0.1, -0.05) is 13.8 Å². The van der Waals surface area contributed by atoms with Crippen molar-refractivity contribution < 1.29 is 18.3 Å². The molecule has 0 aliphatic carbocycles. The molecule has 2 N–H and O–H groups in total. The molecule has 0 radical (unpaired) electrons. The van der Waals surface area contributed by atoms with Gasteiger partial charge in [0.15, 0.2) is 4.21 Å². The summed E-state index contributed by atoms with van der Waals surface area (Å²) in [6, 6.07) is -1.11. The summed E-state index contributed by atoms with van der Waals surface area (Å²) in [4.78, 5) is 14.9. The van der Waals surface area contributed by atoms with Crippen LogP contribution in [-0.4, -0.2) is 30.5 Å². The maximum absolute atomic E-state index is 11.9. The lowest BCUT2D eigenvalue weighted by molar-refractivity contribution is -0.139. The van der Waals surface area contributed by atoms with E-state index in [1.165, 1.54) is 6.20 Å². The minimum Gasteiger partial charge on any atom is -0.480 e. The quantitative estimate of drug-likeness (QED) is 0.822. The van der Waals surface area contributed by atoms with Crippen molar-refractivity contribution in [1.29, 1.82) is 0 Å². The molecular weight excluding hydrogens is 276 g/mol. The summed E-state index contributed by atoms with van der Waals surface area (Å²) < 4.78 is 26.1. The number of nitrogens with one attached hydrogen (secondary N) is 1. The monoisotopic (exact) mass is 292 g/mol. The van der Waals surface area contributed by atoms with E-state index in [0.29, 0.717) is 5.01 Å². The number of hydrogen-bond acceptors (Lipinski definition) is 5. The Hall–Kier alpha value is -0.990. The molecule has 0 spiro atoms. The Morgan fingerprint density at radius 2 is 2.17 bits per heavy atom. The highest BCUT2D eigenvalue weighted by atomic mass is 32.2. The maximum Gasteiger partial charge on any atom is 0.321 e. The third-order valence-corrected chi connectivity index (χ3v) is 5.01. The number of nitrogens with zero attached hydrogens (tertiary/aromatic N) is 1. The van der Waals surface area contributed by atoms with Gasteiger partial charge < -0.3 is 5.11 Å². The van der Waals surface area contributed by atoms with Gasteiger partial charge in [-0.2, -0.15) is 4.72 Å². The summed E-state index contributed by atoms with van der Waals surface area (Å²) in [5, 5.41) is 9.62. The molecule has 0 aromatic carbocycles. The normalized spacial score (nSPS) is 13.8. The van der Waals surface area contributed by atoms with Gasteiger partial charge in [-0.15, -0.1) is 11.3 Å². The van der Waals surface area contributed by atoms with Gasteiger partial charge in [0.05, 0.1) is 11.2 Å². The molecule has 102 valence electrons. The van der Waals surface area contributed by atoms with Crippen LogP contribution in [0.1, 0.15) is 25.3 Å². The van der Waals surface area contributed by atoms with Crippen molar-refractivity contribution in [3.63, 3.8) is 0 Å². The van der Waals surface area contributed by atoms with E-state index in [-0.39, 0.29) is 16.5 Å². The molecule has 0 unspecified atom stereocenters. The van der Waals surface area contributed by atoms with Crippen molar-refractivity contribution in [1.82, 2.24) is 9.71 Å². The number of carbonyl (C=O) groups is 1. The first-order valence-corrected chi connectivity index (χ1v) is 7.70. The highest BCUT2D eigenvalue weighted by Gasteiger charge is 2.27. The van der Waals surface area contributed by atoms with Crippen LogP contribution in [0.15, 0.2) is 10.4 Å². The van der Waals surface area contributed by atoms with Crippen molar-refractivity contribution in [2.45, 2.75) is 37.4 Å². The highest BCUT2D eigenvalue weighted by molar-refractivity contribution is 7.91. The molecule has 0 saturated heterocycles. The van der Waals surface area contributed by atoms with E-state index >= 15 is 0 Å². The van der Waals surface area contributed by atoms with Gasteiger partial charge in [-0.05, 0) is 19.3 Å². The molecule has 0 bridgehead atoms. The molecule has 0 amide bonds. The van der Waals surface area contributed by atoms with Crippen LogP contribution in [-0.2, 0) is 14.8 Å². The fourth-order valence-electron chi connectivity index (χ4n) is 1.38. The Kier molecular flexibility index (Phi) is 4.83. The molecule has 0 aliphatic rings. The summed E-state index contributed by atoms with van der Waals surface area (Å²) in [7, 11) is -3.80. The molecule has 1 atom stereocenters. The van der Waals surface area contributed by atoms with Crippen molar-refractivity contribution in [2.75, 3.05) is 0 Å². The number of aromatic nitrogens is 1. The zero-order valence-corrected chi connectivity index (χ0v) is 12.0. The molecule has 8 heteroatoms. The molecule has 1 heterocycles. The first kappa shape index (κ1) is 15.1. The van der Waals surface area contributed by atoms with Crippen molar-refractivity contribution in [3.8, 4) is 0 Å². The molecule has 0 aliphatic heterocycles. The topological polar surface area (TPSA) is 96.4 Å². The molecule has 6 nitrogen and oxygen atoms in total. The van der Waals surface area contributed by atoms with E-state index in [1.807, 2.05) is 13.8 Å². The van der Waals surface area contributed by atoms with Gasteiger partial charge in [0.1, 0.15) is 6.04 Å². The highest BCUT2D eigenvalue weighted by Crippen LogP contribution is 2.18. The Labute approximate surface area is 110 Å². The van der Waals surface area contributed by atoms with E-state index < -0.39 is 22.0 Å². The number of aryl methyl sites for hydroxylation is 1. The first-order chi connectivity index (χ1) is 8.22. The average Bonchev–Trinajstić information content (AvgIpc) is 2.63. The number of carboxylic acid groups (broad SMARTS) is 1. The van der Waals surface area contributed by atoms with Gasteiger partial charge in [-0.25, -0.2) is 13.4 Å². The zero-order valence-electron chi connectivity index (χ0n) is 10.4. The summed E-state index contributed by atoms with van der Waals surface area (Å²) in [5.41, 5.74) is 0. The van der Waals surface area contributed by atoms with E-state index in [2.05, 4.69) is 9.71 Å². The molecule has 0 fully saturated rings. The Morgan fingerprint density at radius 3 is 2.56 bits per heavy atom. The van der Waals surface area contributed by atoms with Gasteiger partial charge in [-0.3, -0.25) is 4.79 Å². The van der Waals surface area contributed by atoms with Crippen LogP contribution >= 0.6 is 11.3 Å². The van der Waals surface area contributed by atoms with Gasteiger partial charge in [0.2, 0.25) is 0 Å². The molecular formula is C10H16N2O4S2. The van der Waals surface area contributed by atoms with Crippen LogP contribution in [0.3, 0.4) is 0 Å². The summed E-state index contributed by atoms with van der Waals surface area (Å²) in [5.74, 6) is -1.09. The lowest BCUT2D eigenvalue weighted by Crippen LogP contribution is -2.41. The largest absolute Gasteiger partial charge is 0.480 e. The minimum absolute atomic E-state index is 0.0370. The number of carboxylic acids is 1. The van der Waals surface area contributed by atoms with Crippen LogP contribution in [0.4, 0.5) is 0 Å². The van der Waals surface area contributed by atoms with Crippen LogP contribution < -0.4 is 4.72 Å². The third kappa shape index (κ3) is 4.04. The number of aliphatic carboxylic acids is 1.